The summed E-state index contributed by atoms with van der Waals surface area (Å²) in [5, 5.41) is 10.0. The monoisotopic (exact) mass is 366 g/mol. The number of hydrogen-bond acceptors (Lipinski definition) is 3. The molecule has 1 aromatic rings. The molecule has 0 aliphatic heterocycles. The van der Waals surface area contributed by atoms with E-state index in [0.717, 1.165) is 22.8 Å². The largest absolute Gasteiger partial charge is 0.491 e. The van der Waals surface area contributed by atoms with Crippen molar-refractivity contribution < 1.29 is 9.84 Å². The van der Waals surface area contributed by atoms with Crippen molar-refractivity contribution in [2.24, 2.45) is 0 Å². The van der Waals surface area contributed by atoms with Gasteiger partial charge in [-0.2, -0.15) is 11.8 Å². The van der Waals surface area contributed by atoms with E-state index >= 15 is 0 Å². The van der Waals surface area contributed by atoms with Gasteiger partial charge in [-0.3, -0.25) is 0 Å². The fraction of sp³-hybridized carbons (Fsp3) is 0.727. The smallest absolute Gasteiger partial charge is 0.122 e. The van der Waals surface area contributed by atoms with Crippen LogP contribution in [0.4, 0.5) is 0 Å². The third-order valence-corrected chi connectivity index (χ3v) is 5.68. The zero-order valence-corrected chi connectivity index (χ0v) is 17.2. The standard InChI is InChI=1S/C22H38O2S/c1-3-4-5-6-7-8-9-10-11-14-17-25-19-21(23)18-24-22-16-13-12-15-20(22)2/h12-13,15-16,21,23H,3-11,14,17-19H2,1-2H3. The molecule has 3 heteroatoms. The van der Waals surface area contributed by atoms with Gasteiger partial charge in [0.05, 0.1) is 6.10 Å². The molecule has 0 radical (unpaired) electrons. The summed E-state index contributed by atoms with van der Waals surface area (Å²) in [6.45, 7) is 4.69. The molecule has 1 atom stereocenters. The molecule has 0 aliphatic rings. The fourth-order valence-corrected chi connectivity index (χ4v) is 3.81. The van der Waals surface area contributed by atoms with Gasteiger partial charge in [-0.15, -0.1) is 0 Å². The van der Waals surface area contributed by atoms with Gasteiger partial charge in [-0.25, -0.2) is 0 Å². The lowest BCUT2D eigenvalue weighted by Gasteiger charge is -2.13. The van der Waals surface area contributed by atoms with Crippen molar-refractivity contribution in [2.45, 2.75) is 84.2 Å². The molecular weight excluding hydrogens is 328 g/mol. The maximum atomic E-state index is 10.0. The summed E-state index contributed by atoms with van der Waals surface area (Å²) in [7, 11) is 0. The first-order chi connectivity index (χ1) is 12.2. The van der Waals surface area contributed by atoms with Crippen molar-refractivity contribution in [1.82, 2.24) is 0 Å². The second-order valence-corrected chi connectivity index (χ2v) is 8.14. The Morgan fingerprint density at radius 1 is 0.920 bits per heavy atom. The van der Waals surface area contributed by atoms with Gasteiger partial charge in [-0.05, 0) is 30.7 Å². The van der Waals surface area contributed by atoms with Gasteiger partial charge in [0, 0.05) is 5.75 Å². The number of thioether (sulfide) groups is 1. The summed E-state index contributed by atoms with van der Waals surface area (Å²) in [5.41, 5.74) is 1.12. The van der Waals surface area contributed by atoms with Crippen LogP contribution < -0.4 is 4.74 Å². The molecule has 0 aliphatic carbocycles. The van der Waals surface area contributed by atoms with E-state index in [-0.39, 0.29) is 6.10 Å². The molecule has 0 saturated heterocycles. The van der Waals surface area contributed by atoms with Crippen LogP contribution in [0.15, 0.2) is 24.3 Å². The van der Waals surface area contributed by atoms with Gasteiger partial charge in [0.2, 0.25) is 0 Å². The Labute approximate surface area is 159 Å². The number of aliphatic hydroxyl groups is 1. The Kier molecular flexibility index (Phi) is 13.9. The zero-order valence-electron chi connectivity index (χ0n) is 16.3. The Morgan fingerprint density at radius 3 is 2.16 bits per heavy atom. The van der Waals surface area contributed by atoms with E-state index in [9.17, 15) is 5.11 Å². The van der Waals surface area contributed by atoms with Crippen LogP contribution in [0.3, 0.4) is 0 Å². The van der Waals surface area contributed by atoms with E-state index in [0.29, 0.717) is 6.61 Å². The summed E-state index contributed by atoms with van der Waals surface area (Å²) >= 11 is 1.85. The Balaban J connectivity index is 1.87. The second kappa shape index (κ2) is 15.6. The van der Waals surface area contributed by atoms with Crippen molar-refractivity contribution >= 4 is 11.8 Å². The quantitative estimate of drug-likeness (QED) is 0.344. The first kappa shape index (κ1) is 22.4. The minimum absolute atomic E-state index is 0.382. The molecule has 0 aromatic heterocycles. The number of rotatable bonds is 16. The lowest BCUT2D eigenvalue weighted by Crippen LogP contribution is -2.20. The van der Waals surface area contributed by atoms with E-state index in [1.54, 1.807) is 0 Å². The number of ether oxygens (including phenoxy) is 1. The number of para-hydroxylation sites is 1. The number of aliphatic hydroxyl groups excluding tert-OH is 1. The first-order valence-electron chi connectivity index (χ1n) is 10.2. The molecular formula is C22H38O2S. The zero-order chi connectivity index (χ0) is 18.2. The van der Waals surface area contributed by atoms with Crippen molar-refractivity contribution in [1.29, 1.82) is 0 Å². The van der Waals surface area contributed by atoms with Crippen LogP contribution in [0.5, 0.6) is 5.75 Å². The van der Waals surface area contributed by atoms with Crippen molar-refractivity contribution in [3.63, 3.8) is 0 Å². The maximum absolute atomic E-state index is 10.0. The molecule has 1 N–H and O–H groups in total. The first-order valence-corrected chi connectivity index (χ1v) is 11.3. The highest BCUT2D eigenvalue weighted by Gasteiger charge is 2.06. The SMILES string of the molecule is CCCCCCCCCCCCSCC(O)COc1ccccc1C. The lowest BCUT2D eigenvalue weighted by atomic mass is 10.1. The minimum atomic E-state index is -0.382. The highest BCUT2D eigenvalue weighted by Crippen LogP contribution is 2.17. The molecule has 0 amide bonds. The van der Waals surface area contributed by atoms with Crippen LogP contribution in [0.1, 0.15) is 76.7 Å². The van der Waals surface area contributed by atoms with E-state index < -0.39 is 0 Å². The van der Waals surface area contributed by atoms with Gasteiger partial charge in [-0.1, -0.05) is 82.9 Å². The van der Waals surface area contributed by atoms with E-state index in [2.05, 4.69) is 6.92 Å². The molecule has 1 unspecified atom stereocenters. The maximum Gasteiger partial charge on any atom is 0.122 e. The number of aryl methyl sites for hydroxylation is 1. The highest BCUT2D eigenvalue weighted by atomic mass is 32.2. The summed E-state index contributed by atoms with van der Waals surface area (Å²) in [6, 6.07) is 7.95. The van der Waals surface area contributed by atoms with Gasteiger partial charge in [0.15, 0.2) is 0 Å². The minimum Gasteiger partial charge on any atom is -0.491 e. The predicted molar refractivity (Wildman–Crippen MR) is 112 cm³/mol. The molecule has 0 heterocycles. The normalized spacial score (nSPS) is 12.3. The van der Waals surface area contributed by atoms with E-state index in [1.165, 1.54) is 64.2 Å². The Bertz CT molecular complexity index is 422. The molecule has 0 bridgehead atoms. The summed E-state index contributed by atoms with van der Waals surface area (Å²) in [5.74, 6) is 2.79. The van der Waals surface area contributed by atoms with Crippen LogP contribution in [0.2, 0.25) is 0 Å². The number of unbranched alkanes of at least 4 members (excludes halogenated alkanes) is 9. The van der Waals surface area contributed by atoms with Crippen LogP contribution in [-0.4, -0.2) is 29.3 Å². The van der Waals surface area contributed by atoms with Gasteiger partial charge in [0.1, 0.15) is 12.4 Å². The van der Waals surface area contributed by atoms with Gasteiger partial charge < -0.3 is 9.84 Å². The lowest BCUT2D eigenvalue weighted by molar-refractivity contribution is 0.126. The number of benzene rings is 1. The Morgan fingerprint density at radius 2 is 1.52 bits per heavy atom. The number of hydrogen-bond donors (Lipinski definition) is 1. The molecule has 1 aromatic carbocycles. The molecule has 0 spiro atoms. The molecule has 0 saturated carbocycles. The molecule has 25 heavy (non-hydrogen) atoms. The van der Waals surface area contributed by atoms with Crippen molar-refractivity contribution in [3.05, 3.63) is 29.8 Å². The average molecular weight is 367 g/mol. The molecule has 0 fully saturated rings. The van der Waals surface area contributed by atoms with Crippen LogP contribution >= 0.6 is 11.8 Å². The Hall–Kier alpha value is -0.670. The average Bonchev–Trinajstić information content (AvgIpc) is 2.62. The summed E-state index contributed by atoms with van der Waals surface area (Å²) in [4.78, 5) is 0. The van der Waals surface area contributed by atoms with Crippen LogP contribution in [0.25, 0.3) is 0 Å². The van der Waals surface area contributed by atoms with E-state index in [1.807, 2.05) is 43.0 Å². The van der Waals surface area contributed by atoms with Gasteiger partial charge in [0.25, 0.3) is 0 Å². The second-order valence-electron chi connectivity index (χ2n) is 6.99. The highest BCUT2D eigenvalue weighted by molar-refractivity contribution is 7.99. The van der Waals surface area contributed by atoms with Crippen molar-refractivity contribution in [2.75, 3.05) is 18.1 Å². The predicted octanol–water partition coefficient (Wildman–Crippen LogP) is 6.39. The van der Waals surface area contributed by atoms with E-state index in [4.69, 9.17) is 4.74 Å². The van der Waals surface area contributed by atoms with Crippen LogP contribution in [0, 0.1) is 6.92 Å². The molecule has 144 valence electrons. The van der Waals surface area contributed by atoms with Crippen molar-refractivity contribution in [3.8, 4) is 5.75 Å². The molecule has 2 nitrogen and oxygen atoms in total. The van der Waals surface area contributed by atoms with Gasteiger partial charge >= 0.3 is 0 Å². The van der Waals surface area contributed by atoms with Crippen LogP contribution in [-0.2, 0) is 0 Å². The third kappa shape index (κ3) is 12.3. The molecule has 1 rings (SSSR count). The summed E-state index contributed by atoms with van der Waals surface area (Å²) in [6.07, 6.45) is 13.4. The fourth-order valence-electron chi connectivity index (χ4n) is 2.86. The topological polar surface area (TPSA) is 29.5 Å². The third-order valence-electron chi connectivity index (χ3n) is 4.48. The summed E-state index contributed by atoms with van der Waals surface area (Å²) < 4.78 is 5.69.